The summed E-state index contributed by atoms with van der Waals surface area (Å²) in [7, 11) is 0. The Morgan fingerprint density at radius 3 is 2.43 bits per heavy atom. The third-order valence-corrected chi connectivity index (χ3v) is 5.65. The first-order valence-corrected chi connectivity index (χ1v) is 10.4. The fraction of sp³-hybridized carbons (Fsp3) is 0.500. The molecule has 0 fully saturated rings. The molecule has 8 nitrogen and oxygen atoms in total. The monoisotopic (exact) mass is 413 g/mol. The number of aromatic amines is 1. The van der Waals surface area contributed by atoms with Crippen LogP contribution in [0.4, 0.5) is 4.79 Å². The van der Waals surface area contributed by atoms with Gasteiger partial charge in [-0.15, -0.1) is 0 Å². The van der Waals surface area contributed by atoms with Crippen molar-refractivity contribution in [3.8, 4) is 0 Å². The van der Waals surface area contributed by atoms with E-state index >= 15 is 0 Å². The molecule has 0 spiro atoms. The number of rotatable bonds is 6. The lowest BCUT2D eigenvalue weighted by Crippen LogP contribution is -2.66. The summed E-state index contributed by atoms with van der Waals surface area (Å²) in [5.74, 6) is -1.15. The van der Waals surface area contributed by atoms with Crippen LogP contribution in [-0.2, 0) is 22.4 Å². The summed E-state index contributed by atoms with van der Waals surface area (Å²) in [6.07, 6.45) is 1.34. The van der Waals surface area contributed by atoms with Gasteiger partial charge in [0.1, 0.15) is 11.6 Å². The van der Waals surface area contributed by atoms with Crippen molar-refractivity contribution in [2.45, 2.75) is 64.6 Å². The molecule has 0 aliphatic heterocycles. The number of hydrogen-bond acceptors (Lipinski definition) is 3. The zero-order chi connectivity index (χ0) is 22.1. The van der Waals surface area contributed by atoms with E-state index < -0.39 is 29.4 Å². The molecular formula is C22H31N5O3. The summed E-state index contributed by atoms with van der Waals surface area (Å²) in [6, 6.07) is 6.61. The second-order valence-corrected chi connectivity index (χ2v) is 8.74. The highest BCUT2D eigenvalue weighted by molar-refractivity contribution is 5.96. The molecule has 0 saturated heterocycles. The van der Waals surface area contributed by atoms with Crippen molar-refractivity contribution >= 4 is 28.7 Å². The minimum atomic E-state index is -1.18. The molecule has 0 unspecified atom stereocenters. The number of fused-ring (bicyclic) bond motifs is 3. The number of nitrogens with two attached hydrogens (primary N) is 1. The van der Waals surface area contributed by atoms with Crippen LogP contribution in [0, 0.1) is 5.92 Å². The van der Waals surface area contributed by atoms with Gasteiger partial charge in [0.2, 0.25) is 11.8 Å². The summed E-state index contributed by atoms with van der Waals surface area (Å²) in [4.78, 5) is 41.3. The van der Waals surface area contributed by atoms with E-state index in [0.29, 0.717) is 19.3 Å². The Balaban J connectivity index is 1.97. The van der Waals surface area contributed by atoms with E-state index in [1.54, 1.807) is 0 Å². The average molecular weight is 414 g/mol. The van der Waals surface area contributed by atoms with Crippen molar-refractivity contribution in [3.05, 3.63) is 35.5 Å². The number of H-pyrrole nitrogens is 1. The fourth-order valence-corrected chi connectivity index (χ4v) is 4.12. The predicted octanol–water partition coefficient (Wildman–Crippen LogP) is 1.73. The zero-order valence-corrected chi connectivity index (χ0v) is 18.0. The minimum Gasteiger partial charge on any atom is -0.368 e. The number of nitrogens with one attached hydrogen (secondary N) is 4. The Bertz CT molecular complexity index is 965. The first kappa shape index (κ1) is 21.7. The molecule has 0 saturated carbocycles. The van der Waals surface area contributed by atoms with Gasteiger partial charge in [0.25, 0.3) is 0 Å². The van der Waals surface area contributed by atoms with Crippen LogP contribution in [0.3, 0.4) is 0 Å². The van der Waals surface area contributed by atoms with Crippen molar-refractivity contribution in [1.82, 2.24) is 20.9 Å². The third-order valence-electron chi connectivity index (χ3n) is 5.65. The molecule has 2 atom stereocenters. The van der Waals surface area contributed by atoms with E-state index in [9.17, 15) is 14.4 Å². The van der Waals surface area contributed by atoms with Crippen LogP contribution in [0.1, 0.15) is 45.4 Å². The predicted molar refractivity (Wildman–Crippen MR) is 116 cm³/mol. The largest absolute Gasteiger partial charge is 0.368 e. The average Bonchev–Trinajstić information content (AvgIpc) is 3.02. The quantitative estimate of drug-likeness (QED) is 0.494. The van der Waals surface area contributed by atoms with Gasteiger partial charge in [-0.3, -0.25) is 9.59 Å². The van der Waals surface area contributed by atoms with Gasteiger partial charge in [-0.25, -0.2) is 4.79 Å². The highest BCUT2D eigenvalue weighted by Gasteiger charge is 2.45. The van der Waals surface area contributed by atoms with Crippen molar-refractivity contribution in [3.63, 3.8) is 0 Å². The topological polar surface area (TPSA) is 129 Å². The van der Waals surface area contributed by atoms with E-state index in [2.05, 4.69) is 20.9 Å². The van der Waals surface area contributed by atoms with Crippen LogP contribution < -0.4 is 21.7 Å². The van der Waals surface area contributed by atoms with Crippen molar-refractivity contribution in [1.29, 1.82) is 0 Å². The van der Waals surface area contributed by atoms with E-state index in [0.717, 1.165) is 22.2 Å². The van der Waals surface area contributed by atoms with Crippen LogP contribution in [-0.4, -0.2) is 40.5 Å². The lowest BCUT2D eigenvalue weighted by Gasteiger charge is -2.38. The fourth-order valence-electron chi connectivity index (χ4n) is 4.12. The molecule has 0 bridgehead atoms. The van der Waals surface area contributed by atoms with E-state index in [4.69, 9.17) is 5.73 Å². The van der Waals surface area contributed by atoms with Crippen molar-refractivity contribution < 1.29 is 14.4 Å². The van der Waals surface area contributed by atoms with Crippen LogP contribution in [0.25, 0.3) is 10.9 Å². The number of amides is 4. The normalized spacial score (nSPS) is 19.4. The maximum absolute atomic E-state index is 13.5. The van der Waals surface area contributed by atoms with Gasteiger partial charge in [-0.1, -0.05) is 32.0 Å². The van der Waals surface area contributed by atoms with Gasteiger partial charge in [-0.05, 0) is 44.2 Å². The summed E-state index contributed by atoms with van der Waals surface area (Å²) < 4.78 is 0. The van der Waals surface area contributed by atoms with Crippen LogP contribution in [0.2, 0.25) is 0 Å². The number of hydrogen-bond donors (Lipinski definition) is 5. The summed E-state index contributed by atoms with van der Waals surface area (Å²) in [6.45, 7) is 7.35. The maximum atomic E-state index is 13.5. The molecule has 1 aliphatic rings. The minimum absolute atomic E-state index is 0.0774. The van der Waals surface area contributed by atoms with Crippen LogP contribution in [0.5, 0.6) is 0 Å². The molecular weight excluding hydrogens is 382 g/mol. The lowest BCUT2D eigenvalue weighted by atomic mass is 9.78. The van der Waals surface area contributed by atoms with Gasteiger partial charge in [0.05, 0.1) is 0 Å². The summed E-state index contributed by atoms with van der Waals surface area (Å²) in [5, 5.41) is 9.53. The molecule has 6 N–H and O–H groups in total. The number of urea groups is 1. The zero-order valence-electron chi connectivity index (χ0n) is 18.0. The third kappa shape index (κ3) is 4.27. The Morgan fingerprint density at radius 2 is 1.80 bits per heavy atom. The Morgan fingerprint density at radius 1 is 1.10 bits per heavy atom. The molecule has 3 rings (SSSR count). The van der Waals surface area contributed by atoms with E-state index in [1.165, 1.54) is 0 Å². The lowest BCUT2D eigenvalue weighted by molar-refractivity contribution is -0.132. The van der Waals surface area contributed by atoms with Gasteiger partial charge in [0.15, 0.2) is 0 Å². The molecule has 2 aromatic rings. The standard InChI is InChI=1S/C22H31N5O3/c1-12(2)18(19(23)28)26-20(29)22(27-21(30)24-13(3)4)10-9-17-15(11-22)14-7-5-6-8-16(14)25-17/h5-8,12-13,18,25H,9-11H2,1-4H3,(H2,23,28)(H,26,29)(H2,24,27,30)/t18-,22-/m0/s1. The molecule has 0 radical (unpaired) electrons. The molecule has 1 aliphatic carbocycles. The first-order chi connectivity index (χ1) is 14.1. The molecule has 1 aromatic heterocycles. The van der Waals surface area contributed by atoms with E-state index in [1.807, 2.05) is 52.0 Å². The molecule has 162 valence electrons. The van der Waals surface area contributed by atoms with Gasteiger partial charge in [0, 0.05) is 29.1 Å². The van der Waals surface area contributed by atoms with Crippen LogP contribution >= 0.6 is 0 Å². The Hall–Kier alpha value is -3.03. The smallest absolute Gasteiger partial charge is 0.315 e. The van der Waals surface area contributed by atoms with Gasteiger partial charge in [-0.2, -0.15) is 0 Å². The second kappa shape index (κ2) is 8.38. The number of benzene rings is 1. The highest BCUT2D eigenvalue weighted by atomic mass is 16.2. The SMILES string of the molecule is CC(C)NC(=O)N[C@@]1(C(=O)N[C@H](C(N)=O)C(C)C)CCc2[nH]c3ccccc3c2C1. The van der Waals surface area contributed by atoms with Gasteiger partial charge < -0.3 is 26.7 Å². The van der Waals surface area contributed by atoms with Gasteiger partial charge >= 0.3 is 6.03 Å². The number of carbonyl (C=O) groups excluding carboxylic acids is 3. The van der Waals surface area contributed by atoms with Crippen molar-refractivity contribution in [2.75, 3.05) is 0 Å². The number of para-hydroxylation sites is 1. The maximum Gasteiger partial charge on any atom is 0.315 e. The summed E-state index contributed by atoms with van der Waals surface area (Å²) >= 11 is 0. The first-order valence-electron chi connectivity index (χ1n) is 10.4. The van der Waals surface area contributed by atoms with E-state index in [-0.39, 0.29) is 12.0 Å². The number of primary amides is 1. The number of aryl methyl sites for hydroxylation is 1. The molecule has 8 heteroatoms. The summed E-state index contributed by atoms with van der Waals surface area (Å²) in [5.41, 5.74) is 7.40. The molecule has 4 amide bonds. The van der Waals surface area contributed by atoms with Crippen LogP contribution in [0.15, 0.2) is 24.3 Å². The Kier molecular flexibility index (Phi) is 6.05. The Labute approximate surface area is 176 Å². The molecule has 1 heterocycles. The molecule has 1 aromatic carbocycles. The second-order valence-electron chi connectivity index (χ2n) is 8.74. The highest BCUT2D eigenvalue weighted by Crippen LogP contribution is 2.34. The molecule has 30 heavy (non-hydrogen) atoms. The number of carbonyl (C=O) groups is 3. The number of aromatic nitrogens is 1. The van der Waals surface area contributed by atoms with Crippen molar-refractivity contribution in [2.24, 2.45) is 11.7 Å².